The molecule has 7 heteroatoms. The Bertz CT molecular complexity index is 374. The van der Waals surface area contributed by atoms with Crippen molar-refractivity contribution in [2.45, 2.75) is 39.4 Å². The van der Waals surface area contributed by atoms with Gasteiger partial charge in [0.15, 0.2) is 5.41 Å². The molecular formula is C13H22O6S. The van der Waals surface area contributed by atoms with E-state index in [1.807, 2.05) is 20.8 Å². The molecule has 20 heavy (non-hydrogen) atoms. The average Bonchev–Trinajstić information content (AvgIpc) is 2.34. The quantitative estimate of drug-likeness (QED) is 0.570. The number of carbonyl (C=O) groups excluding carboxylic acids is 3. The van der Waals surface area contributed by atoms with Crippen LogP contribution in [0.25, 0.3) is 0 Å². The van der Waals surface area contributed by atoms with Gasteiger partial charge in [-0.2, -0.15) is 11.8 Å². The third kappa shape index (κ3) is 5.81. The topological polar surface area (TPSA) is 78.9 Å². The Morgan fingerprint density at radius 3 is 2.00 bits per heavy atom. The molecule has 0 N–H and O–H groups in total. The predicted octanol–water partition coefficient (Wildman–Crippen LogP) is 2.40. The van der Waals surface area contributed by atoms with Gasteiger partial charge in [-0.1, -0.05) is 20.8 Å². The summed E-state index contributed by atoms with van der Waals surface area (Å²) in [7, 11) is 1.18. The summed E-state index contributed by atoms with van der Waals surface area (Å²) in [6, 6.07) is 0. The van der Waals surface area contributed by atoms with E-state index in [-0.39, 0.29) is 17.1 Å². The van der Waals surface area contributed by atoms with Crippen LogP contribution in [0.15, 0.2) is 0 Å². The van der Waals surface area contributed by atoms with Gasteiger partial charge in [-0.25, -0.2) is 4.79 Å². The summed E-state index contributed by atoms with van der Waals surface area (Å²) in [4.78, 5) is 35.1. The van der Waals surface area contributed by atoms with E-state index in [2.05, 4.69) is 14.2 Å². The van der Waals surface area contributed by atoms with Crippen LogP contribution in [0.4, 0.5) is 4.79 Å². The molecule has 0 spiro atoms. The molecule has 0 bridgehead atoms. The van der Waals surface area contributed by atoms with Crippen LogP contribution in [-0.4, -0.2) is 42.3 Å². The van der Waals surface area contributed by atoms with E-state index < -0.39 is 23.5 Å². The molecule has 116 valence electrons. The third-order valence-electron chi connectivity index (χ3n) is 2.32. The van der Waals surface area contributed by atoms with Crippen LogP contribution in [0.5, 0.6) is 0 Å². The fourth-order valence-corrected chi connectivity index (χ4v) is 2.08. The molecule has 0 aliphatic heterocycles. The highest BCUT2D eigenvalue weighted by Crippen LogP contribution is 2.33. The van der Waals surface area contributed by atoms with E-state index in [4.69, 9.17) is 0 Å². The van der Waals surface area contributed by atoms with E-state index >= 15 is 0 Å². The lowest BCUT2D eigenvalue weighted by atomic mass is 9.94. The summed E-state index contributed by atoms with van der Waals surface area (Å²) in [6.07, 6.45) is -1.12. The minimum absolute atomic E-state index is 0.0811. The Balaban J connectivity index is 4.99. The number of methoxy groups -OCH3 is 1. The summed E-state index contributed by atoms with van der Waals surface area (Å²) in [5.74, 6) is -1.58. The number of thioether (sulfide) groups is 1. The van der Waals surface area contributed by atoms with Crippen LogP contribution < -0.4 is 0 Å². The lowest BCUT2D eigenvalue weighted by Gasteiger charge is -2.27. The second-order valence-corrected chi connectivity index (χ2v) is 7.10. The highest BCUT2D eigenvalue weighted by molar-refractivity contribution is 8.00. The second kappa shape index (κ2) is 7.52. The fourth-order valence-electron chi connectivity index (χ4n) is 1.12. The first-order valence-corrected chi connectivity index (χ1v) is 7.16. The molecule has 0 heterocycles. The first kappa shape index (κ1) is 18.8. The Morgan fingerprint density at radius 1 is 1.05 bits per heavy atom. The van der Waals surface area contributed by atoms with Crippen LogP contribution in [0.3, 0.4) is 0 Å². The van der Waals surface area contributed by atoms with Gasteiger partial charge in [-0.3, -0.25) is 9.59 Å². The number of hydrogen-bond donors (Lipinski definition) is 0. The molecule has 0 aromatic rings. The Kier molecular flexibility index (Phi) is 7.05. The van der Waals surface area contributed by atoms with Crippen molar-refractivity contribution < 1.29 is 28.6 Å². The van der Waals surface area contributed by atoms with Gasteiger partial charge in [0.25, 0.3) is 0 Å². The van der Waals surface area contributed by atoms with E-state index in [0.717, 1.165) is 0 Å². The summed E-state index contributed by atoms with van der Waals surface area (Å²) < 4.78 is 13.5. The van der Waals surface area contributed by atoms with Crippen molar-refractivity contribution in [2.24, 2.45) is 5.41 Å². The Labute approximate surface area is 123 Å². The van der Waals surface area contributed by atoms with Crippen LogP contribution in [0, 0.1) is 5.41 Å². The molecule has 0 amide bonds. The van der Waals surface area contributed by atoms with Crippen LogP contribution >= 0.6 is 11.8 Å². The van der Waals surface area contributed by atoms with Crippen LogP contribution in [0.1, 0.15) is 34.6 Å². The number of rotatable bonds is 5. The number of hydrogen-bond acceptors (Lipinski definition) is 7. The summed E-state index contributed by atoms with van der Waals surface area (Å²) in [5.41, 5.74) is -1.56. The zero-order valence-electron chi connectivity index (χ0n) is 12.8. The molecule has 0 rings (SSSR count). The number of esters is 2. The highest BCUT2D eigenvalue weighted by atomic mass is 32.2. The van der Waals surface area contributed by atoms with E-state index in [9.17, 15) is 14.4 Å². The Hall–Kier alpha value is -1.24. The van der Waals surface area contributed by atoms with Crippen molar-refractivity contribution >= 4 is 29.9 Å². The average molecular weight is 306 g/mol. The van der Waals surface area contributed by atoms with Gasteiger partial charge in [0.05, 0.1) is 13.7 Å². The van der Waals surface area contributed by atoms with E-state index in [1.54, 1.807) is 6.92 Å². The van der Waals surface area contributed by atoms with Crippen molar-refractivity contribution in [1.82, 2.24) is 0 Å². The zero-order chi connectivity index (χ0) is 16.0. The Morgan fingerprint density at radius 2 is 1.60 bits per heavy atom. The van der Waals surface area contributed by atoms with E-state index in [0.29, 0.717) is 0 Å². The van der Waals surface area contributed by atoms with Gasteiger partial charge in [0, 0.05) is 10.5 Å². The minimum atomic E-state index is -1.56. The van der Waals surface area contributed by atoms with Crippen molar-refractivity contribution in [3.05, 3.63) is 0 Å². The van der Waals surface area contributed by atoms with Gasteiger partial charge in [0.1, 0.15) is 0 Å². The third-order valence-corrected chi connectivity index (χ3v) is 3.91. The molecule has 0 aromatic carbocycles. The fraction of sp³-hybridized carbons (Fsp3) is 0.769. The lowest BCUT2D eigenvalue weighted by molar-refractivity contribution is -0.164. The predicted molar refractivity (Wildman–Crippen MR) is 75.4 cm³/mol. The first-order chi connectivity index (χ1) is 9.06. The van der Waals surface area contributed by atoms with Gasteiger partial charge in [-0.05, 0) is 13.8 Å². The molecule has 1 unspecified atom stereocenters. The van der Waals surface area contributed by atoms with Gasteiger partial charge in [-0.15, -0.1) is 0 Å². The normalized spacial score (nSPS) is 14.1. The molecule has 0 radical (unpaired) electrons. The molecule has 0 fully saturated rings. The zero-order valence-corrected chi connectivity index (χ0v) is 13.6. The molecule has 0 aliphatic carbocycles. The van der Waals surface area contributed by atoms with Crippen molar-refractivity contribution in [1.29, 1.82) is 0 Å². The molecule has 0 saturated carbocycles. The minimum Gasteiger partial charge on any atom is -0.468 e. The maximum Gasteiger partial charge on any atom is 0.516 e. The van der Waals surface area contributed by atoms with Crippen LogP contribution in [0.2, 0.25) is 0 Å². The maximum absolute atomic E-state index is 12.0. The van der Waals surface area contributed by atoms with Crippen LogP contribution in [-0.2, 0) is 23.8 Å². The van der Waals surface area contributed by atoms with E-state index in [1.165, 1.54) is 25.8 Å². The molecule has 1 atom stereocenters. The second-order valence-electron chi connectivity index (χ2n) is 5.30. The SMILES string of the molecule is CCOC(=O)OC(=O)C(C)(CSC(C)(C)C)C(=O)OC. The van der Waals surface area contributed by atoms with Gasteiger partial charge >= 0.3 is 18.1 Å². The molecule has 0 aromatic heterocycles. The number of carbonyl (C=O) groups is 3. The van der Waals surface area contributed by atoms with Crippen molar-refractivity contribution in [3.8, 4) is 0 Å². The van der Waals surface area contributed by atoms with Crippen molar-refractivity contribution in [3.63, 3.8) is 0 Å². The molecule has 0 aliphatic rings. The largest absolute Gasteiger partial charge is 0.516 e. The van der Waals surface area contributed by atoms with Crippen molar-refractivity contribution in [2.75, 3.05) is 19.5 Å². The highest BCUT2D eigenvalue weighted by Gasteiger charge is 2.46. The summed E-state index contributed by atoms with van der Waals surface area (Å²) >= 11 is 1.40. The van der Waals surface area contributed by atoms with Gasteiger partial charge in [0.2, 0.25) is 0 Å². The first-order valence-electron chi connectivity index (χ1n) is 6.18. The monoisotopic (exact) mass is 306 g/mol. The lowest BCUT2D eigenvalue weighted by Crippen LogP contribution is -2.43. The summed E-state index contributed by atoms with van der Waals surface area (Å²) in [5, 5.41) is 0. The summed E-state index contributed by atoms with van der Waals surface area (Å²) in [6.45, 7) is 8.90. The smallest absolute Gasteiger partial charge is 0.468 e. The molecule has 6 nitrogen and oxygen atoms in total. The number of ether oxygens (including phenoxy) is 3. The molecular weight excluding hydrogens is 284 g/mol. The standard InChI is InChI=1S/C13H22O6S/c1-7-18-11(16)19-10(15)13(5,9(14)17-6)8-20-12(2,3)4/h7-8H2,1-6H3. The molecule has 0 saturated heterocycles. The maximum atomic E-state index is 12.0. The van der Waals surface area contributed by atoms with Gasteiger partial charge < -0.3 is 14.2 Å².